The highest BCUT2D eigenvalue weighted by Gasteiger charge is 2.42. The van der Waals surface area contributed by atoms with E-state index in [9.17, 15) is 9.59 Å². The number of carbonyl (C=O) groups is 2. The average molecular weight is 456 g/mol. The molecule has 0 amide bonds. The Kier molecular flexibility index (Phi) is 8.35. The Labute approximate surface area is 196 Å². The first-order valence-electron chi connectivity index (χ1n) is 11.9. The Morgan fingerprint density at radius 1 is 1.18 bits per heavy atom. The molecule has 0 radical (unpaired) electrons. The fourth-order valence-electron chi connectivity index (χ4n) is 5.10. The van der Waals surface area contributed by atoms with Crippen molar-refractivity contribution in [3.8, 4) is 0 Å². The third kappa shape index (κ3) is 6.05. The molecular formula is C27H37NO5. The second-order valence-electron chi connectivity index (χ2n) is 9.79. The number of benzene rings is 1. The van der Waals surface area contributed by atoms with Crippen LogP contribution in [0.1, 0.15) is 70.4 Å². The van der Waals surface area contributed by atoms with Crippen molar-refractivity contribution in [3.05, 3.63) is 60.1 Å². The molecule has 1 aromatic carbocycles. The molecule has 6 nitrogen and oxygen atoms in total. The Balaban J connectivity index is 1.77. The maximum atomic E-state index is 13.2. The lowest BCUT2D eigenvalue weighted by Gasteiger charge is -2.44. The minimum absolute atomic E-state index is 0.0110. The van der Waals surface area contributed by atoms with E-state index in [2.05, 4.69) is 45.0 Å². The average Bonchev–Trinajstić information content (AvgIpc) is 3.32. The van der Waals surface area contributed by atoms with Crippen molar-refractivity contribution in [3.63, 3.8) is 0 Å². The Bertz CT molecular complexity index is 893. The van der Waals surface area contributed by atoms with Crippen LogP contribution in [-0.4, -0.2) is 30.7 Å². The molecular weight excluding hydrogens is 418 g/mol. The van der Waals surface area contributed by atoms with Gasteiger partial charge in [0, 0.05) is 11.8 Å². The molecule has 1 aromatic heterocycles. The fourth-order valence-corrected chi connectivity index (χ4v) is 5.10. The number of esters is 2. The van der Waals surface area contributed by atoms with E-state index in [0.29, 0.717) is 11.5 Å². The van der Waals surface area contributed by atoms with Gasteiger partial charge >= 0.3 is 11.9 Å². The van der Waals surface area contributed by atoms with Crippen LogP contribution in [0.3, 0.4) is 0 Å². The largest absolute Gasteiger partial charge is 0.472 e. The molecule has 2 aromatic rings. The normalized spacial score (nSPS) is 22.9. The van der Waals surface area contributed by atoms with E-state index in [4.69, 9.17) is 19.6 Å². The molecule has 33 heavy (non-hydrogen) atoms. The molecule has 6 heteroatoms. The number of furan rings is 1. The van der Waals surface area contributed by atoms with E-state index < -0.39 is 17.9 Å². The van der Waals surface area contributed by atoms with Gasteiger partial charge in [0.2, 0.25) is 0 Å². The minimum atomic E-state index is -0.975. The quantitative estimate of drug-likeness (QED) is 0.537. The van der Waals surface area contributed by atoms with E-state index >= 15 is 0 Å². The van der Waals surface area contributed by atoms with Crippen LogP contribution in [0, 0.1) is 11.8 Å². The summed E-state index contributed by atoms with van der Waals surface area (Å²) in [5, 5.41) is 0. The zero-order valence-electron chi connectivity index (χ0n) is 20.2. The zero-order valence-corrected chi connectivity index (χ0v) is 20.2. The molecule has 0 saturated heterocycles. The zero-order chi connectivity index (χ0) is 24.0. The van der Waals surface area contributed by atoms with Crippen molar-refractivity contribution in [1.82, 2.24) is 0 Å². The summed E-state index contributed by atoms with van der Waals surface area (Å²) >= 11 is 0. The summed E-state index contributed by atoms with van der Waals surface area (Å²) in [5.74, 6) is -0.778. The lowest BCUT2D eigenvalue weighted by atomic mass is 9.64. The van der Waals surface area contributed by atoms with Gasteiger partial charge in [-0.15, -0.1) is 0 Å². The Morgan fingerprint density at radius 2 is 1.91 bits per heavy atom. The molecule has 1 aliphatic carbocycles. The first kappa shape index (κ1) is 25.0. The van der Waals surface area contributed by atoms with Crippen molar-refractivity contribution in [1.29, 1.82) is 0 Å². The lowest BCUT2D eigenvalue weighted by molar-refractivity contribution is -0.157. The number of ether oxygens (including phenoxy) is 2. The molecule has 1 aliphatic rings. The molecule has 3 rings (SSSR count). The highest BCUT2D eigenvalue weighted by molar-refractivity contribution is 5.79. The summed E-state index contributed by atoms with van der Waals surface area (Å²) in [6.45, 7) is 8.62. The van der Waals surface area contributed by atoms with E-state index in [1.807, 2.05) is 6.07 Å². The van der Waals surface area contributed by atoms with Gasteiger partial charge < -0.3 is 19.6 Å². The molecule has 2 N–H and O–H groups in total. The van der Waals surface area contributed by atoms with E-state index in [1.54, 1.807) is 13.0 Å². The summed E-state index contributed by atoms with van der Waals surface area (Å²) in [6.07, 6.45) is 5.75. The Hall–Kier alpha value is -2.60. The SMILES string of the molecule is CCOC(=O)[C@H](N)[C@@H](CC(=O)O[C@@H]1C[C@H](C)CC[C@H]1C(C)(C)c1ccccc1)c1ccoc1. The second-order valence-corrected chi connectivity index (χ2v) is 9.79. The van der Waals surface area contributed by atoms with Gasteiger partial charge in [-0.25, -0.2) is 0 Å². The smallest absolute Gasteiger partial charge is 0.323 e. The van der Waals surface area contributed by atoms with Crippen LogP contribution in [0.25, 0.3) is 0 Å². The molecule has 1 saturated carbocycles. The van der Waals surface area contributed by atoms with E-state index in [0.717, 1.165) is 19.3 Å². The third-order valence-corrected chi connectivity index (χ3v) is 7.13. The summed E-state index contributed by atoms with van der Waals surface area (Å²) in [4.78, 5) is 25.5. The molecule has 0 unspecified atom stereocenters. The van der Waals surface area contributed by atoms with Crippen molar-refractivity contribution >= 4 is 11.9 Å². The van der Waals surface area contributed by atoms with Crippen LogP contribution in [0.2, 0.25) is 0 Å². The van der Waals surface area contributed by atoms with Gasteiger partial charge in [-0.3, -0.25) is 9.59 Å². The predicted octanol–water partition coefficient (Wildman–Crippen LogP) is 4.97. The van der Waals surface area contributed by atoms with Gasteiger partial charge in [-0.2, -0.15) is 0 Å². The van der Waals surface area contributed by atoms with Gasteiger partial charge in [0.25, 0.3) is 0 Å². The third-order valence-electron chi connectivity index (χ3n) is 7.13. The van der Waals surface area contributed by atoms with Gasteiger partial charge in [0.05, 0.1) is 25.6 Å². The standard InChI is InChI=1S/C27H37NO5/c1-5-32-26(30)25(28)21(19-13-14-31-17-19)16-24(29)33-23-15-18(2)11-12-22(23)27(3,4)20-9-7-6-8-10-20/h6-10,13-14,17-18,21-23,25H,5,11-12,15-16,28H2,1-4H3/t18-,21+,22-,23-,25-/m1/s1. The minimum Gasteiger partial charge on any atom is -0.472 e. The maximum absolute atomic E-state index is 13.2. The highest BCUT2D eigenvalue weighted by Crippen LogP contribution is 2.44. The molecule has 0 aliphatic heterocycles. The van der Waals surface area contributed by atoms with Crippen LogP contribution in [0.15, 0.2) is 53.3 Å². The number of carbonyl (C=O) groups excluding carboxylic acids is 2. The summed E-state index contributed by atoms with van der Waals surface area (Å²) < 4.78 is 16.4. The summed E-state index contributed by atoms with van der Waals surface area (Å²) in [6, 6.07) is 11.2. The van der Waals surface area contributed by atoms with Crippen LogP contribution in [0.4, 0.5) is 0 Å². The van der Waals surface area contributed by atoms with E-state index in [1.165, 1.54) is 18.1 Å². The predicted molar refractivity (Wildman–Crippen MR) is 127 cm³/mol. The lowest BCUT2D eigenvalue weighted by Crippen LogP contribution is -2.44. The molecule has 1 fully saturated rings. The van der Waals surface area contributed by atoms with Gasteiger partial charge in [0.1, 0.15) is 12.1 Å². The highest BCUT2D eigenvalue weighted by atomic mass is 16.5. The molecule has 5 atom stereocenters. The van der Waals surface area contributed by atoms with Gasteiger partial charge in [-0.05, 0) is 48.3 Å². The van der Waals surface area contributed by atoms with Crippen LogP contribution in [-0.2, 0) is 24.5 Å². The molecule has 0 spiro atoms. The van der Waals surface area contributed by atoms with Gasteiger partial charge in [0.15, 0.2) is 0 Å². The summed E-state index contributed by atoms with van der Waals surface area (Å²) in [5.41, 5.74) is 7.98. The maximum Gasteiger partial charge on any atom is 0.323 e. The van der Waals surface area contributed by atoms with Crippen LogP contribution in [0.5, 0.6) is 0 Å². The molecule has 0 bridgehead atoms. The first-order valence-corrected chi connectivity index (χ1v) is 11.9. The van der Waals surface area contributed by atoms with Crippen LogP contribution < -0.4 is 5.73 Å². The number of hydrogen-bond donors (Lipinski definition) is 1. The number of nitrogens with two attached hydrogens (primary N) is 1. The molecule has 180 valence electrons. The fraction of sp³-hybridized carbons (Fsp3) is 0.556. The Morgan fingerprint density at radius 3 is 2.55 bits per heavy atom. The van der Waals surface area contributed by atoms with Crippen molar-refractivity contribution in [2.75, 3.05) is 6.61 Å². The van der Waals surface area contributed by atoms with Crippen molar-refractivity contribution < 1.29 is 23.5 Å². The van der Waals surface area contributed by atoms with Gasteiger partial charge in [-0.1, -0.05) is 57.5 Å². The van der Waals surface area contributed by atoms with Crippen molar-refractivity contribution in [2.24, 2.45) is 17.6 Å². The van der Waals surface area contributed by atoms with Crippen molar-refractivity contribution in [2.45, 2.75) is 76.9 Å². The van der Waals surface area contributed by atoms with E-state index in [-0.39, 0.29) is 36.4 Å². The number of hydrogen-bond acceptors (Lipinski definition) is 6. The number of rotatable bonds is 9. The summed E-state index contributed by atoms with van der Waals surface area (Å²) in [7, 11) is 0. The first-order chi connectivity index (χ1) is 15.7. The van der Waals surface area contributed by atoms with Crippen LogP contribution >= 0.6 is 0 Å². The molecule has 1 heterocycles. The second kappa shape index (κ2) is 11.0. The topological polar surface area (TPSA) is 91.8 Å². The monoisotopic (exact) mass is 455 g/mol.